The van der Waals surface area contributed by atoms with Gasteiger partial charge in [0, 0.05) is 18.0 Å². The number of nitrogens with two attached hydrogens (primary N) is 1. The summed E-state index contributed by atoms with van der Waals surface area (Å²) in [5.74, 6) is -1.01. The summed E-state index contributed by atoms with van der Waals surface area (Å²) in [5, 5.41) is 13.4. The van der Waals surface area contributed by atoms with Gasteiger partial charge in [0.05, 0.1) is 16.6 Å². The quantitative estimate of drug-likeness (QED) is 0.763. The molecule has 0 aliphatic rings. The lowest BCUT2D eigenvalue weighted by atomic mass is 10.2. The third-order valence-electron chi connectivity index (χ3n) is 2.20. The van der Waals surface area contributed by atoms with Gasteiger partial charge in [0.2, 0.25) is 0 Å². The summed E-state index contributed by atoms with van der Waals surface area (Å²) in [5.41, 5.74) is 0.888. The van der Waals surface area contributed by atoms with E-state index in [9.17, 15) is 9.90 Å². The van der Waals surface area contributed by atoms with E-state index in [4.69, 9.17) is 23.2 Å². The topological polar surface area (TPSA) is 56.7 Å². The molecule has 0 unspecified atom stereocenters. The van der Waals surface area contributed by atoms with E-state index in [2.05, 4.69) is 0 Å². The number of carboxylic acid groups (broad SMARTS) is 1. The third kappa shape index (κ3) is 4.39. The van der Waals surface area contributed by atoms with Crippen LogP contribution < -0.4 is 10.4 Å². The zero-order valence-electron chi connectivity index (χ0n) is 8.71. The van der Waals surface area contributed by atoms with Crippen molar-refractivity contribution in [2.45, 2.75) is 19.4 Å². The molecule has 0 atom stereocenters. The second-order valence-electron chi connectivity index (χ2n) is 3.46. The molecule has 5 heteroatoms. The van der Waals surface area contributed by atoms with Crippen molar-refractivity contribution >= 4 is 29.2 Å². The molecule has 0 amide bonds. The van der Waals surface area contributed by atoms with Crippen LogP contribution in [0.4, 0.5) is 0 Å². The van der Waals surface area contributed by atoms with Crippen LogP contribution in [-0.2, 0) is 11.3 Å². The summed E-state index contributed by atoms with van der Waals surface area (Å²) in [4.78, 5) is 10.2. The molecule has 1 aromatic carbocycles. The second kappa shape index (κ2) is 6.74. The standard InChI is InChI=1S/C11H13Cl2NO2/c12-9-3-1-4-10(13)8(9)7-14-6-2-5-11(15)16/h1,3-4,14H,2,5-7H2,(H,15,16). The molecule has 0 aromatic heterocycles. The van der Waals surface area contributed by atoms with Crippen molar-refractivity contribution in [3.63, 3.8) is 0 Å². The lowest BCUT2D eigenvalue weighted by Gasteiger charge is -2.06. The van der Waals surface area contributed by atoms with Gasteiger partial charge in [-0.15, -0.1) is 0 Å². The SMILES string of the molecule is O=C([O-])CCC[NH2+]Cc1c(Cl)cccc1Cl. The van der Waals surface area contributed by atoms with E-state index in [1.165, 1.54) is 0 Å². The normalized spacial score (nSPS) is 10.4. The number of quaternary nitrogens is 1. The minimum Gasteiger partial charge on any atom is -0.550 e. The molecule has 0 saturated heterocycles. The van der Waals surface area contributed by atoms with Crippen LogP contribution in [0.15, 0.2) is 18.2 Å². The first kappa shape index (κ1) is 13.3. The van der Waals surface area contributed by atoms with Gasteiger partial charge in [-0.25, -0.2) is 0 Å². The number of hydrogen-bond acceptors (Lipinski definition) is 2. The first-order chi connectivity index (χ1) is 7.61. The van der Waals surface area contributed by atoms with Crippen molar-refractivity contribution < 1.29 is 15.2 Å². The molecule has 2 N–H and O–H groups in total. The lowest BCUT2D eigenvalue weighted by Crippen LogP contribution is -2.82. The number of carbonyl (C=O) groups is 1. The van der Waals surface area contributed by atoms with E-state index >= 15 is 0 Å². The fourth-order valence-electron chi connectivity index (χ4n) is 1.36. The molecule has 0 aliphatic heterocycles. The van der Waals surface area contributed by atoms with Gasteiger partial charge in [0.15, 0.2) is 0 Å². The van der Waals surface area contributed by atoms with Gasteiger partial charge < -0.3 is 15.2 Å². The Morgan fingerprint density at radius 3 is 2.50 bits per heavy atom. The predicted octanol–water partition coefficient (Wildman–Crippen LogP) is 0.587. The highest BCUT2D eigenvalue weighted by Crippen LogP contribution is 2.22. The largest absolute Gasteiger partial charge is 0.550 e. The molecule has 3 nitrogen and oxygen atoms in total. The van der Waals surface area contributed by atoms with E-state index in [0.29, 0.717) is 23.0 Å². The van der Waals surface area contributed by atoms with Gasteiger partial charge >= 0.3 is 0 Å². The Morgan fingerprint density at radius 1 is 1.31 bits per heavy atom. The molecule has 0 aliphatic carbocycles. The Bertz CT molecular complexity index is 349. The van der Waals surface area contributed by atoms with Crippen LogP contribution >= 0.6 is 23.2 Å². The number of carboxylic acids is 1. The Balaban J connectivity index is 2.34. The van der Waals surface area contributed by atoms with E-state index in [1.807, 2.05) is 5.32 Å². The molecule has 1 aromatic rings. The van der Waals surface area contributed by atoms with Gasteiger partial charge in [-0.1, -0.05) is 29.3 Å². The molecule has 0 bridgehead atoms. The van der Waals surface area contributed by atoms with Crippen molar-refractivity contribution in [2.24, 2.45) is 0 Å². The number of carbonyl (C=O) groups excluding carboxylic acids is 1. The summed E-state index contributed by atoms with van der Waals surface area (Å²) in [6, 6.07) is 5.37. The van der Waals surface area contributed by atoms with Gasteiger partial charge in [-0.05, 0) is 18.6 Å². The molecule has 88 valence electrons. The van der Waals surface area contributed by atoms with Crippen molar-refractivity contribution in [1.82, 2.24) is 0 Å². The number of halogens is 2. The highest BCUT2D eigenvalue weighted by molar-refractivity contribution is 6.35. The number of hydrogen-bond donors (Lipinski definition) is 1. The molecular weight excluding hydrogens is 249 g/mol. The number of rotatable bonds is 6. The number of benzene rings is 1. The average molecular weight is 262 g/mol. The van der Waals surface area contributed by atoms with Gasteiger partial charge in [0.1, 0.15) is 6.54 Å². The first-order valence-electron chi connectivity index (χ1n) is 5.05. The Hall–Kier alpha value is -0.770. The maximum Gasteiger partial charge on any atom is 0.104 e. The summed E-state index contributed by atoms with van der Waals surface area (Å²) < 4.78 is 0. The highest BCUT2D eigenvalue weighted by atomic mass is 35.5. The summed E-state index contributed by atoms with van der Waals surface area (Å²) in [6.45, 7) is 1.38. The fourth-order valence-corrected chi connectivity index (χ4v) is 1.92. The summed E-state index contributed by atoms with van der Waals surface area (Å²) in [7, 11) is 0. The van der Waals surface area contributed by atoms with Crippen molar-refractivity contribution in [1.29, 1.82) is 0 Å². The van der Waals surface area contributed by atoms with Crippen LogP contribution in [0.25, 0.3) is 0 Å². The van der Waals surface area contributed by atoms with Crippen LogP contribution in [0.2, 0.25) is 10.0 Å². The minimum atomic E-state index is -1.01. The van der Waals surface area contributed by atoms with E-state index in [1.54, 1.807) is 18.2 Å². The maximum absolute atomic E-state index is 10.2. The molecule has 0 heterocycles. The molecular formula is C11H13Cl2NO2. The maximum atomic E-state index is 10.2. The van der Waals surface area contributed by atoms with Crippen molar-refractivity contribution in [3.05, 3.63) is 33.8 Å². The van der Waals surface area contributed by atoms with Crippen LogP contribution in [-0.4, -0.2) is 12.5 Å². The van der Waals surface area contributed by atoms with Gasteiger partial charge in [0.25, 0.3) is 0 Å². The van der Waals surface area contributed by atoms with Crippen LogP contribution in [0.5, 0.6) is 0 Å². The second-order valence-corrected chi connectivity index (χ2v) is 4.27. The zero-order chi connectivity index (χ0) is 12.0. The van der Waals surface area contributed by atoms with Crippen LogP contribution in [0.3, 0.4) is 0 Å². The van der Waals surface area contributed by atoms with Crippen LogP contribution in [0.1, 0.15) is 18.4 Å². The van der Waals surface area contributed by atoms with Gasteiger partial charge in [-0.2, -0.15) is 0 Å². The monoisotopic (exact) mass is 261 g/mol. The molecule has 0 saturated carbocycles. The van der Waals surface area contributed by atoms with E-state index < -0.39 is 5.97 Å². The predicted molar refractivity (Wildman–Crippen MR) is 61.2 cm³/mol. The highest BCUT2D eigenvalue weighted by Gasteiger charge is 2.06. The zero-order valence-corrected chi connectivity index (χ0v) is 10.2. The van der Waals surface area contributed by atoms with Crippen molar-refractivity contribution in [2.75, 3.05) is 6.54 Å². The molecule has 0 radical (unpaired) electrons. The fraction of sp³-hybridized carbons (Fsp3) is 0.364. The Kier molecular flexibility index (Phi) is 5.60. The third-order valence-corrected chi connectivity index (χ3v) is 2.91. The van der Waals surface area contributed by atoms with Crippen LogP contribution in [0, 0.1) is 0 Å². The first-order valence-corrected chi connectivity index (χ1v) is 5.81. The molecule has 0 fully saturated rings. The summed E-state index contributed by atoms with van der Waals surface area (Å²) >= 11 is 12.0. The van der Waals surface area contributed by atoms with Crippen molar-refractivity contribution in [3.8, 4) is 0 Å². The van der Waals surface area contributed by atoms with E-state index in [0.717, 1.165) is 12.1 Å². The minimum absolute atomic E-state index is 0.0900. The molecule has 0 spiro atoms. The van der Waals surface area contributed by atoms with E-state index in [-0.39, 0.29) is 6.42 Å². The summed E-state index contributed by atoms with van der Waals surface area (Å²) in [6.07, 6.45) is 0.678. The smallest absolute Gasteiger partial charge is 0.104 e. The average Bonchev–Trinajstić information content (AvgIpc) is 2.21. The number of aliphatic carboxylic acids is 1. The van der Waals surface area contributed by atoms with Gasteiger partial charge in [-0.3, -0.25) is 0 Å². The molecule has 1 rings (SSSR count). The lowest BCUT2D eigenvalue weighted by molar-refractivity contribution is -0.670. The Labute approximate surface area is 104 Å². The molecule has 16 heavy (non-hydrogen) atoms. The Morgan fingerprint density at radius 2 is 1.94 bits per heavy atom.